The molecule has 0 fully saturated rings. The van der Waals surface area contributed by atoms with E-state index in [9.17, 15) is 4.79 Å². The van der Waals surface area contributed by atoms with Gasteiger partial charge in [0, 0.05) is 10.2 Å². The fourth-order valence-corrected chi connectivity index (χ4v) is 3.08. The van der Waals surface area contributed by atoms with Crippen LogP contribution in [-0.2, 0) is 0 Å². The van der Waals surface area contributed by atoms with Gasteiger partial charge in [0.2, 0.25) is 0 Å². The number of halogens is 1. The molecule has 0 bridgehead atoms. The van der Waals surface area contributed by atoms with E-state index >= 15 is 0 Å². The number of nitrogen functional groups attached to an aromatic ring is 1. The largest absolute Gasteiger partial charge is 0.397 e. The van der Waals surface area contributed by atoms with Crippen LogP contribution in [0.3, 0.4) is 0 Å². The Morgan fingerprint density at radius 1 is 1.10 bits per heavy atom. The van der Waals surface area contributed by atoms with Crippen LogP contribution in [0.4, 0.5) is 11.4 Å². The van der Waals surface area contributed by atoms with Crippen LogP contribution in [0.15, 0.2) is 52.3 Å². The van der Waals surface area contributed by atoms with Crippen molar-refractivity contribution in [2.45, 2.75) is 0 Å². The molecule has 3 aromatic rings. The van der Waals surface area contributed by atoms with Gasteiger partial charge in [-0.25, -0.2) is 0 Å². The van der Waals surface area contributed by atoms with Crippen LogP contribution in [0.2, 0.25) is 0 Å². The van der Waals surface area contributed by atoms with Gasteiger partial charge in [-0.2, -0.15) is 0 Å². The van der Waals surface area contributed by atoms with Crippen molar-refractivity contribution in [3.8, 4) is 0 Å². The summed E-state index contributed by atoms with van der Waals surface area (Å²) in [4.78, 5) is 12.6. The standard InChI is InChI=1S/C15H11BrN2OS/c16-11-3-1-10-8-12(4-2-9(10)7-11)18-15(19)14-13(17)5-6-20-14/h1-8H,17H2,(H,18,19). The smallest absolute Gasteiger partial charge is 0.267 e. The third-order valence-corrected chi connectivity index (χ3v) is 4.38. The van der Waals surface area contributed by atoms with E-state index in [1.54, 1.807) is 6.07 Å². The molecule has 0 aliphatic heterocycles. The number of rotatable bonds is 2. The molecule has 100 valence electrons. The van der Waals surface area contributed by atoms with Crippen molar-refractivity contribution in [3.05, 3.63) is 57.2 Å². The Bertz CT molecular complexity index is 797. The number of thiophene rings is 1. The number of amides is 1. The van der Waals surface area contributed by atoms with Gasteiger partial charge in [-0.1, -0.05) is 28.1 Å². The molecule has 3 N–H and O–H groups in total. The molecule has 0 aliphatic rings. The summed E-state index contributed by atoms with van der Waals surface area (Å²) in [6.07, 6.45) is 0. The third-order valence-electron chi connectivity index (χ3n) is 2.96. The highest BCUT2D eigenvalue weighted by atomic mass is 79.9. The summed E-state index contributed by atoms with van der Waals surface area (Å²) in [5.41, 5.74) is 7.02. The lowest BCUT2D eigenvalue weighted by Crippen LogP contribution is -2.11. The zero-order chi connectivity index (χ0) is 14.1. The number of anilines is 2. The molecule has 1 amide bonds. The number of hydrogen-bond donors (Lipinski definition) is 2. The maximum atomic E-state index is 12.1. The van der Waals surface area contributed by atoms with Crippen molar-refractivity contribution >= 4 is 55.3 Å². The first-order chi connectivity index (χ1) is 9.63. The first-order valence-corrected chi connectivity index (χ1v) is 7.64. The normalized spacial score (nSPS) is 10.7. The maximum absolute atomic E-state index is 12.1. The second-order valence-corrected chi connectivity index (χ2v) is 6.20. The van der Waals surface area contributed by atoms with E-state index in [1.807, 2.05) is 41.8 Å². The first-order valence-electron chi connectivity index (χ1n) is 5.97. The molecule has 1 heterocycles. The Hall–Kier alpha value is -1.85. The fourth-order valence-electron chi connectivity index (χ4n) is 1.99. The Morgan fingerprint density at radius 3 is 2.60 bits per heavy atom. The molecule has 5 heteroatoms. The molecular formula is C15H11BrN2OS. The first kappa shape index (κ1) is 13.1. The zero-order valence-electron chi connectivity index (χ0n) is 10.4. The lowest BCUT2D eigenvalue weighted by atomic mass is 10.1. The van der Waals surface area contributed by atoms with Gasteiger partial charge in [-0.05, 0) is 46.5 Å². The van der Waals surface area contributed by atoms with Crippen LogP contribution in [0.25, 0.3) is 10.8 Å². The summed E-state index contributed by atoms with van der Waals surface area (Å²) < 4.78 is 1.04. The van der Waals surface area contributed by atoms with Crippen LogP contribution in [0, 0.1) is 0 Å². The molecule has 0 saturated carbocycles. The summed E-state index contributed by atoms with van der Waals surface area (Å²) in [5, 5.41) is 6.87. The van der Waals surface area contributed by atoms with E-state index in [0.29, 0.717) is 10.6 Å². The molecule has 20 heavy (non-hydrogen) atoms. The lowest BCUT2D eigenvalue weighted by Gasteiger charge is -2.06. The van der Waals surface area contributed by atoms with E-state index in [-0.39, 0.29) is 5.91 Å². The minimum Gasteiger partial charge on any atom is -0.397 e. The van der Waals surface area contributed by atoms with Gasteiger partial charge < -0.3 is 11.1 Å². The summed E-state index contributed by atoms with van der Waals surface area (Å²) >= 11 is 4.78. The highest BCUT2D eigenvalue weighted by Gasteiger charge is 2.11. The highest BCUT2D eigenvalue weighted by Crippen LogP contribution is 2.24. The summed E-state index contributed by atoms with van der Waals surface area (Å²) in [6.45, 7) is 0. The van der Waals surface area contributed by atoms with Crippen LogP contribution < -0.4 is 11.1 Å². The van der Waals surface area contributed by atoms with Crippen molar-refractivity contribution in [1.29, 1.82) is 0 Å². The van der Waals surface area contributed by atoms with E-state index in [2.05, 4.69) is 21.2 Å². The predicted molar refractivity (Wildman–Crippen MR) is 88.3 cm³/mol. The van der Waals surface area contributed by atoms with Gasteiger partial charge in [0.15, 0.2) is 0 Å². The molecular weight excluding hydrogens is 336 g/mol. The van der Waals surface area contributed by atoms with Gasteiger partial charge in [0.25, 0.3) is 5.91 Å². The quantitative estimate of drug-likeness (QED) is 0.717. The Balaban J connectivity index is 1.90. The molecule has 3 rings (SSSR count). The SMILES string of the molecule is Nc1ccsc1C(=O)Nc1ccc2cc(Br)ccc2c1. The number of carbonyl (C=O) groups excluding carboxylic acids is 1. The van der Waals surface area contributed by atoms with Crippen molar-refractivity contribution in [2.24, 2.45) is 0 Å². The number of carbonyl (C=O) groups is 1. The molecule has 0 aliphatic carbocycles. The van der Waals surface area contributed by atoms with Gasteiger partial charge in [-0.15, -0.1) is 11.3 Å². The van der Waals surface area contributed by atoms with Crippen LogP contribution >= 0.6 is 27.3 Å². The second-order valence-electron chi connectivity index (χ2n) is 4.37. The molecule has 1 aromatic heterocycles. The molecule has 0 saturated heterocycles. The molecule has 0 atom stereocenters. The summed E-state index contributed by atoms with van der Waals surface area (Å²) in [6, 6.07) is 13.6. The van der Waals surface area contributed by atoms with E-state index < -0.39 is 0 Å². The van der Waals surface area contributed by atoms with Gasteiger partial charge in [0.1, 0.15) is 4.88 Å². The van der Waals surface area contributed by atoms with Gasteiger partial charge in [0.05, 0.1) is 5.69 Å². The average molecular weight is 347 g/mol. The molecule has 0 spiro atoms. The number of hydrogen-bond acceptors (Lipinski definition) is 3. The van der Waals surface area contributed by atoms with Gasteiger partial charge in [-0.3, -0.25) is 4.79 Å². The number of fused-ring (bicyclic) bond motifs is 1. The lowest BCUT2D eigenvalue weighted by molar-refractivity contribution is 0.103. The maximum Gasteiger partial charge on any atom is 0.267 e. The molecule has 0 radical (unpaired) electrons. The number of benzene rings is 2. The second kappa shape index (κ2) is 5.26. The Morgan fingerprint density at radius 2 is 1.85 bits per heavy atom. The zero-order valence-corrected chi connectivity index (χ0v) is 12.8. The molecule has 2 aromatic carbocycles. The number of nitrogens with one attached hydrogen (secondary N) is 1. The highest BCUT2D eigenvalue weighted by molar-refractivity contribution is 9.10. The van der Waals surface area contributed by atoms with Crippen LogP contribution in [0.5, 0.6) is 0 Å². The monoisotopic (exact) mass is 346 g/mol. The van der Waals surface area contributed by atoms with Crippen molar-refractivity contribution in [3.63, 3.8) is 0 Å². The Kier molecular flexibility index (Phi) is 3.46. The number of nitrogens with two attached hydrogens (primary N) is 1. The molecule has 0 unspecified atom stereocenters. The van der Waals surface area contributed by atoms with Crippen LogP contribution in [0.1, 0.15) is 9.67 Å². The summed E-state index contributed by atoms with van der Waals surface area (Å²) in [5.74, 6) is -0.172. The van der Waals surface area contributed by atoms with E-state index in [0.717, 1.165) is 20.9 Å². The third kappa shape index (κ3) is 2.55. The van der Waals surface area contributed by atoms with Crippen molar-refractivity contribution < 1.29 is 4.79 Å². The van der Waals surface area contributed by atoms with E-state index in [4.69, 9.17) is 5.73 Å². The van der Waals surface area contributed by atoms with Crippen LogP contribution in [-0.4, -0.2) is 5.91 Å². The fraction of sp³-hybridized carbons (Fsp3) is 0. The van der Waals surface area contributed by atoms with Gasteiger partial charge >= 0.3 is 0 Å². The Labute approximate surface area is 128 Å². The van der Waals surface area contributed by atoms with Crippen molar-refractivity contribution in [2.75, 3.05) is 11.1 Å². The predicted octanol–water partition coefficient (Wildman–Crippen LogP) is 4.50. The minimum atomic E-state index is -0.172. The average Bonchev–Trinajstić information content (AvgIpc) is 2.85. The molecule has 3 nitrogen and oxygen atoms in total. The van der Waals surface area contributed by atoms with Crippen molar-refractivity contribution in [1.82, 2.24) is 0 Å². The summed E-state index contributed by atoms with van der Waals surface area (Å²) in [7, 11) is 0. The topological polar surface area (TPSA) is 55.1 Å². The van der Waals surface area contributed by atoms with E-state index in [1.165, 1.54) is 11.3 Å². The minimum absolute atomic E-state index is 0.172.